The fraction of sp³-hybridized carbons (Fsp3) is 1.00. The highest BCUT2D eigenvalue weighted by Crippen LogP contribution is 2.27. The minimum Gasteiger partial charge on any atom is -0.388 e. The lowest BCUT2D eigenvalue weighted by Gasteiger charge is -2.43. The molecule has 0 spiro atoms. The maximum absolute atomic E-state index is 9.96. The van der Waals surface area contributed by atoms with Crippen LogP contribution in [0.5, 0.6) is 0 Å². The molecule has 9 atom stereocenters. The third kappa shape index (κ3) is 3.36. The SMILES string of the molecule is COC1OCC(O)C(O)C1OC1OC(C)C(O)C(O)C1O. The maximum atomic E-state index is 9.96. The summed E-state index contributed by atoms with van der Waals surface area (Å²) in [6.45, 7) is 1.39. The van der Waals surface area contributed by atoms with E-state index in [1.54, 1.807) is 0 Å². The normalized spacial score (nSPS) is 51.9. The van der Waals surface area contributed by atoms with Crippen molar-refractivity contribution in [2.75, 3.05) is 13.7 Å². The Morgan fingerprint density at radius 3 is 2.19 bits per heavy atom. The molecule has 0 bridgehead atoms. The lowest BCUT2D eigenvalue weighted by Crippen LogP contribution is -2.61. The lowest BCUT2D eigenvalue weighted by molar-refractivity contribution is -0.350. The van der Waals surface area contributed by atoms with Crippen LogP contribution in [0.4, 0.5) is 0 Å². The van der Waals surface area contributed by atoms with Gasteiger partial charge in [-0.2, -0.15) is 0 Å². The summed E-state index contributed by atoms with van der Waals surface area (Å²) in [5.74, 6) is 0. The van der Waals surface area contributed by atoms with Crippen molar-refractivity contribution in [2.45, 2.75) is 62.2 Å². The summed E-state index contributed by atoms with van der Waals surface area (Å²) in [4.78, 5) is 0. The van der Waals surface area contributed by atoms with Crippen LogP contribution in [0.3, 0.4) is 0 Å². The van der Waals surface area contributed by atoms with Gasteiger partial charge >= 0.3 is 0 Å². The molecule has 2 aliphatic heterocycles. The van der Waals surface area contributed by atoms with Gasteiger partial charge in [-0.25, -0.2) is 0 Å². The number of aliphatic hydroxyl groups excluding tert-OH is 5. The molecule has 0 amide bonds. The van der Waals surface area contributed by atoms with Crippen LogP contribution in [-0.4, -0.2) is 94.6 Å². The molecule has 0 aliphatic carbocycles. The van der Waals surface area contributed by atoms with Crippen LogP contribution in [0.2, 0.25) is 0 Å². The van der Waals surface area contributed by atoms with E-state index in [2.05, 4.69) is 0 Å². The van der Waals surface area contributed by atoms with Crippen LogP contribution in [0.15, 0.2) is 0 Å². The minimum absolute atomic E-state index is 0.120. The third-order valence-corrected chi connectivity index (χ3v) is 3.76. The summed E-state index contributed by atoms with van der Waals surface area (Å²) >= 11 is 0. The van der Waals surface area contributed by atoms with E-state index in [9.17, 15) is 25.5 Å². The molecular weight excluding hydrogens is 288 g/mol. The first-order chi connectivity index (χ1) is 9.86. The topological polar surface area (TPSA) is 138 Å². The molecule has 9 unspecified atom stereocenters. The summed E-state index contributed by atoms with van der Waals surface area (Å²) in [5.41, 5.74) is 0. The smallest absolute Gasteiger partial charge is 0.187 e. The monoisotopic (exact) mass is 310 g/mol. The van der Waals surface area contributed by atoms with Crippen LogP contribution >= 0.6 is 0 Å². The average molecular weight is 310 g/mol. The largest absolute Gasteiger partial charge is 0.388 e. The summed E-state index contributed by atoms with van der Waals surface area (Å²) in [7, 11) is 1.34. The van der Waals surface area contributed by atoms with Crippen molar-refractivity contribution >= 4 is 0 Å². The minimum atomic E-state index is -1.51. The third-order valence-electron chi connectivity index (χ3n) is 3.76. The summed E-state index contributed by atoms with van der Waals surface area (Å²) in [5, 5.41) is 48.8. The van der Waals surface area contributed by atoms with Crippen molar-refractivity contribution in [3.63, 3.8) is 0 Å². The Morgan fingerprint density at radius 1 is 0.905 bits per heavy atom. The first kappa shape index (κ1) is 17.0. The van der Waals surface area contributed by atoms with Gasteiger partial charge in [0.15, 0.2) is 12.6 Å². The zero-order valence-corrected chi connectivity index (χ0v) is 11.8. The van der Waals surface area contributed by atoms with Gasteiger partial charge in [-0.15, -0.1) is 0 Å². The highest BCUT2D eigenvalue weighted by molar-refractivity contribution is 4.90. The van der Waals surface area contributed by atoms with E-state index in [0.717, 1.165) is 0 Å². The number of hydrogen-bond acceptors (Lipinski definition) is 9. The van der Waals surface area contributed by atoms with Crippen molar-refractivity contribution in [2.24, 2.45) is 0 Å². The molecular formula is C12H22O9. The van der Waals surface area contributed by atoms with Gasteiger partial charge in [0.25, 0.3) is 0 Å². The van der Waals surface area contributed by atoms with Crippen molar-refractivity contribution in [3.05, 3.63) is 0 Å². The molecule has 124 valence electrons. The molecule has 2 rings (SSSR count). The molecule has 0 aromatic carbocycles. The van der Waals surface area contributed by atoms with E-state index in [1.807, 2.05) is 0 Å². The van der Waals surface area contributed by atoms with Gasteiger partial charge in [0, 0.05) is 7.11 Å². The number of rotatable bonds is 3. The van der Waals surface area contributed by atoms with Crippen molar-refractivity contribution in [1.82, 2.24) is 0 Å². The molecule has 9 nitrogen and oxygen atoms in total. The van der Waals surface area contributed by atoms with Gasteiger partial charge in [0.1, 0.15) is 36.6 Å². The molecule has 21 heavy (non-hydrogen) atoms. The highest BCUT2D eigenvalue weighted by Gasteiger charge is 2.47. The van der Waals surface area contributed by atoms with Crippen molar-refractivity contribution in [3.8, 4) is 0 Å². The molecule has 0 aromatic heterocycles. The number of ether oxygens (including phenoxy) is 4. The van der Waals surface area contributed by atoms with Crippen LogP contribution in [-0.2, 0) is 18.9 Å². The second kappa shape index (κ2) is 6.82. The molecule has 5 N–H and O–H groups in total. The second-order valence-electron chi connectivity index (χ2n) is 5.28. The van der Waals surface area contributed by atoms with Crippen LogP contribution in [0.1, 0.15) is 6.92 Å². The Labute approximate surface area is 121 Å². The standard InChI is InChI=1S/C12H22O9/c1-4-6(14)8(16)9(17)11(20-4)21-10-7(15)5(13)3-19-12(10)18-2/h4-17H,3H2,1-2H3. The van der Waals surface area contributed by atoms with E-state index in [-0.39, 0.29) is 6.61 Å². The highest BCUT2D eigenvalue weighted by atomic mass is 16.7. The zero-order chi connectivity index (χ0) is 15.7. The van der Waals surface area contributed by atoms with Gasteiger partial charge in [-0.1, -0.05) is 0 Å². The molecule has 2 aliphatic rings. The predicted octanol–water partition coefficient (Wildman–Crippen LogP) is -3.08. The Bertz CT molecular complexity index is 339. The van der Waals surface area contributed by atoms with E-state index < -0.39 is 55.3 Å². The second-order valence-corrected chi connectivity index (χ2v) is 5.28. The molecule has 0 radical (unpaired) electrons. The van der Waals surface area contributed by atoms with E-state index in [0.29, 0.717) is 0 Å². The summed E-state index contributed by atoms with van der Waals surface area (Å²) in [6, 6.07) is 0. The molecule has 2 saturated heterocycles. The Balaban J connectivity index is 2.07. The van der Waals surface area contributed by atoms with Crippen molar-refractivity contribution in [1.29, 1.82) is 0 Å². The number of hydrogen-bond donors (Lipinski definition) is 5. The lowest BCUT2D eigenvalue weighted by atomic mass is 9.99. The Kier molecular flexibility index (Phi) is 5.52. The Hall–Kier alpha value is -0.360. The molecule has 2 fully saturated rings. The van der Waals surface area contributed by atoms with Gasteiger partial charge in [-0.3, -0.25) is 0 Å². The predicted molar refractivity (Wildman–Crippen MR) is 66.0 cm³/mol. The first-order valence-electron chi connectivity index (χ1n) is 6.72. The zero-order valence-electron chi connectivity index (χ0n) is 11.8. The van der Waals surface area contributed by atoms with E-state index in [4.69, 9.17) is 18.9 Å². The average Bonchev–Trinajstić information content (AvgIpc) is 2.47. The fourth-order valence-corrected chi connectivity index (χ4v) is 2.39. The van der Waals surface area contributed by atoms with Crippen molar-refractivity contribution < 1.29 is 44.5 Å². The molecule has 9 heteroatoms. The maximum Gasteiger partial charge on any atom is 0.187 e. The van der Waals surface area contributed by atoms with Crippen LogP contribution < -0.4 is 0 Å². The summed E-state index contributed by atoms with van der Waals surface area (Å²) < 4.78 is 20.9. The number of aliphatic hydroxyl groups is 5. The van der Waals surface area contributed by atoms with Gasteiger partial charge in [-0.05, 0) is 6.92 Å². The molecule has 2 heterocycles. The number of methoxy groups -OCH3 is 1. The summed E-state index contributed by atoms with van der Waals surface area (Å²) in [6.07, 6.45) is -10.9. The van der Waals surface area contributed by atoms with Gasteiger partial charge in [0.05, 0.1) is 12.7 Å². The first-order valence-corrected chi connectivity index (χ1v) is 6.72. The van der Waals surface area contributed by atoms with Crippen LogP contribution in [0.25, 0.3) is 0 Å². The molecule has 0 saturated carbocycles. The molecule has 0 aromatic rings. The van der Waals surface area contributed by atoms with E-state index >= 15 is 0 Å². The van der Waals surface area contributed by atoms with E-state index in [1.165, 1.54) is 14.0 Å². The quantitative estimate of drug-likeness (QED) is 0.367. The van der Waals surface area contributed by atoms with Gasteiger partial charge < -0.3 is 44.5 Å². The fourth-order valence-electron chi connectivity index (χ4n) is 2.39. The van der Waals surface area contributed by atoms with Gasteiger partial charge in [0.2, 0.25) is 0 Å². The Morgan fingerprint density at radius 2 is 1.57 bits per heavy atom. The van der Waals surface area contributed by atoms with Crippen LogP contribution in [0, 0.1) is 0 Å².